The third-order valence-electron chi connectivity index (χ3n) is 3.63. The molecule has 2 rings (SSSR count). The first kappa shape index (κ1) is 20.4. The number of hydrogen-bond acceptors (Lipinski definition) is 4. The fourth-order valence-corrected chi connectivity index (χ4v) is 3.88. The second-order valence-electron chi connectivity index (χ2n) is 5.94. The molecule has 0 unspecified atom stereocenters. The molecule has 0 radical (unpaired) electrons. The number of halogens is 1. The zero-order valence-corrected chi connectivity index (χ0v) is 16.5. The molecule has 8 heteroatoms. The number of benzene rings is 2. The average molecular weight is 397 g/mol. The predicted octanol–water partition coefficient (Wildman–Crippen LogP) is 3.26. The number of nitrogens with zero attached hydrogens (tertiary/aromatic N) is 1. The number of aryl methyl sites for hydroxylation is 1. The molecule has 0 saturated carbocycles. The van der Waals surface area contributed by atoms with Gasteiger partial charge in [-0.05, 0) is 42.3 Å². The Morgan fingerprint density at radius 1 is 1.19 bits per heavy atom. The lowest BCUT2D eigenvalue weighted by Crippen LogP contribution is -2.22. The Bertz CT molecular complexity index is 899. The second kappa shape index (κ2) is 8.66. The lowest BCUT2D eigenvalue weighted by molar-refractivity contribution is -0.113. The average Bonchev–Trinajstić information content (AvgIpc) is 2.58. The van der Waals surface area contributed by atoms with E-state index >= 15 is 0 Å². The molecular formula is C18H21FN2O3S2. The van der Waals surface area contributed by atoms with Gasteiger partial charge in [-0.3, -0.25) is 4.79 Å². The van der Waals surface area contributed by atoms with Crippen LogP contribution in [0.5, 0.6) is 0 Å². The van der Waals surface area contributed by atoms with E-state index in [-0.39, 0.29) is 22.4 Å². The summed E-state index contributed by atoms with van der Waals surface area (Å²) in [6.45, 7) is 1.65. The van der Waals surface area contributed by atoms with Crippen LogP contribution in [0.15, 0.2) is 47.4 Å². The fourth-order valence-electron chi connectivity index (χ4n) is 2.14. The highest BCUT2D eigenvalue weighted by molar-refractivity contribution is 7.99. The van der Waals surface area contributed by atoms with E-state index in [1.165, 1.54) is 31.9 Å². The summed E-state index contributed by atoms with van der Waals surface area (Å²) in [4.78, 5) is 12.2. The standard InChI is InChI=1S/C18H21FN2O3S2/c1-13-7-8-15(10-17(13)19)20-18(22)12-25-11-14-5-4-6-16(9-14)26(23,24)21(2)3/h4-10H,11-12H2,1-3H3,(H,20,22). The van der Waals surface area contributed by atoms with Crippen molar-refractivity contribution in [3.63, 3.8) is 0 Å². The van der Waals surface area contributed by atoms with Crippen LogP contribution in [0.3, 0.4) is 0 Å². The Morgan fingerprint density at radius 3 is 2.58 bits per heavy atom. The first-order valence-corrected chi connectivity index (χ1v) is 10.4. The topological polar surface area (TPSA) is 66.5 Å². The molecule has 2 aromatic rings. The van der Waals surface area contributed by atoms with Crippen LogP contribution >= 0.6 is 11.8 Å². The third-order valence-corrected chi connectivity index (χ3v) is 6.45. The van der Waals surface area contributed by atoms with Crippen molar-refractivity contribution in [1.82, 2.24) is 4.31 Å². The molecule has 1 N–H and O–H groups in total. The Hall–Kier alpha value is -1.90. The molecule has 1 amide bonds. The van der Waals surface area contributed by atoms with Crippen molar-refractivity contribution >= 4 is 33.4 Å². The largest absolute Gasteiger partial charge is 0.325 e. The highest BCUT2D eigenvalue weighted by Crippen LogP contribution is 2.19. The summed E-state index contributed by atoms with van der Waals surface area (Å²) in [6, 6.07) is 11.2. The van der Waals surface area contributed by atoms with Gasteiger partial charge in [-0.1, -0.05) is 18.2 Å². The monoisotopic (exact) mass is 396 g/mol. The van der Waals surface area contributed by atoms with Gasteiger partial charge < -0.3 is 5.32 Å². The molecule has 26 heavy (non-hydrogen) atoms. The van der Waals surface area contributed by atoms with E-state index < -0.39 is 10.0 Å². The molecule has 0 heterocycles. The Labute approximate surface area is 157 Å². The third kappa shape index (κ3) is 5.30. The molecule has 140 valence electrons. The Balaban J connectivity index is 1.91. The zero-order valence-electron chi connectivity index (χ0n) is 14.8. The van der Waals surface area contributed by atoms with E-state index in [1.54, 1.807) is 37.3 Å². The summed E-state index contributed by atoms with van der Waals surface area (Å²) < 4.78 is 38.9. The van der Waals surface area contributed by atoms with Gasteiger partial charge >= 0.3 is 0 Å². The van der Waals surface area contributed by atoms with Crippen LogP contribution in [0.25, 0.3) is 0 Å². The number of sulfonamides is 1. The number of thioether (sulfide) groups is 1. The van der Waals surface area contributed by atoms with Crippen LogP contribution in [-0.2, 0) is 20.6 Å². The van der Waals surface area contributed by atoms with Gasteiger partial charge in [0, 0.05) is 25.5 Å². The van der Waals surface area contributed by atoms with Crippen molar-refractivity contribution in [2.24, 2.45) is 0 Å². The minimum atomic E-state index is -3.48. The quantitative estimate of drug-likeness (QED) is 0.780. The smallest absolute Gasteiger partial charge is 0.242 e. The molecule has 0 bridgehead atoms. The molecule has 0 aliphatic rings. The number of carbonyl (C=O) groups is 1. The van der Waals surface area contributed by atoms with Crippen LogP contribution in [0.2, 0.25) is 0 Å². The maximum atomic E-state index is 13.5. The van der Waals surface area contributed by atoms with Crippen LogP contribution < -0.4 is 5.32 Å². The van der Waals surface area contributed by atoms with Crippen molar-refractivity contribution in [3.05, 3.63) is 59.4 Å². The lowest BCUT2D eigenvalue weighted by Gasteiger charge is -2.12. The maximum absolute atomic E-state index is 13.5. The molecule has 2 aromatic carbocycles. The molecule has 0 aliphatic heterocycles. The number of anilines is 1. The molecule has 5 nitrogen and oxygen atoms in total. The van der Waals surface area contributed by atoms with Crippen molar-refractivity contribution in [2.75, 3.05) is 25.2 Å². The van der Waals surface area contributed by atoms with Crippen LogP contribution in [-0.4, -0.2) is 38.5 Å². The molecule has 0 atom stereocenters. The van der Waals surface area contributed by atoms with E-state index in [0.717, 1.165) is 9.87 Å². The zero-order chi connectivity index (χ0) is 19.3. The number of carbonyl (C=O) groups excluding carboxylic acids is 1. The second-order valence-corrected chi connectivity index (χ2v) is 9.08. The maximum Gasteiger partial charge on any atom is 0.242 e. The number of rotatable bonds is 7. The van der Waals surface area contributed by atoms with E-state index in [1.807, 2.05) is 6.07 Å². The van der Waals surface area contributed by atoms with Gasteiger partial charge in [0.1, 0.15) is 5.82 Å². The van der Waals surface area contributed by atoms with Gasteiger partial charge in [0.2, 0.25) is 15.9 Å². The molecule has 0 saturated heterocycles. The summed E-state index contributed by atoms with van der Waals surface area (Å²) >= 11 is 1.35. The van der Waals surface area contributed by atoms with Crippen molar-refractivity contribution in [2.45, 2.75) is 17.6 Å². The molecule has 0 fully saturated rings. The predicted molar refractivity (Wildman–Crippen MR) is 103 cm³/mol. The van der Waals surface area contributed by atoms with Gasteiger partial charge in [-0.25, -0.2) is 17.1 Å². The van der Waals surface area contributed by atoms with Gasteiger partial charge in [-0.15, -0.1) is 11.8 Å². The SMILES string of the molecule is Cc1ccc(NC(=O)CSCc2cccc(S(=O)(=O)N(C)C)c2)cc1F. The van der Waals surface area contributed by atoms with Gasteiger partial charge in [0.05, 0.1) is 10.6 Å². The summed E-state index contributed by atoms with van der Waals surface area (Å²) in [7, 11) is -0.518. The Kier molecular flexibility index (Phi) is 6.80. The first-order valence-electron chi connectivity index (χ1n) is 7.85. The highest BCUT2D eigenvalue weighted by atomic mass is 32.2. The Morgan fingerprint density at radius 2 is 1.92 bits per heavy atom. The van der Waals surface area contributed by atoms with Gasteiger partial charge in [0.25, 0.3) is 0 Å². The van der Waals surface area contributed by atoms with Gasteiger partial charge in [-0.2, -0.15) is 0 Å². The normalized spacial score (nSPS) is 11.6. The van der Waals surface area contributed by atoms with E-state index in [4.69, 9.17) is 0 Å². The van der Waals surface area contributed by atoms with Crippen molar-refractivity contribution in [3.8, 4) is 0 Å². The van der Waals surface area contributed by atoms with E-state index in [2.05, 4.69) is 5.32 Å². The highest BCUT2D eigenvalue weighted by Gasteiger charge is 2.17. The summed E-state index contributed by atoms with van der Waals surface area (Å²) in [5, 5.41) is 2.64. The first-order chi connectivity index (χ1) is 12.2. The minimum Gasteiger partial charge on any atom is -0.325 e. The summed E-state index contributed by atoms with van der Waals surface area (Å²) in [5.74, 6) is 0.0665. The van der Waals surface area contributed by atoms with Crippen LogP contribution in [0.4, 0.5) is 10.1 Å². The van der Waals surface area contributed by atoms with Crippen molar-refractivity contribution < 1.29 is 17.6 Å². The number of hydrogen-bond donors (Lipinski definition) is 1. The molecule has 0 aromatic heterocycles. The number of amides is 1. The molecule has 0 spiro atoms. The van der Waals surface area contributed by atoms with E-state index in [9.17, 15) is 17.6 Å². The van der Waals surface area contributed by atoms with Crippen LogP contribution in [0.1, 0.15) is 11.1 Å². The fraction of sp³-hybridized carbons (Fsp3) is 0.278. The summed E-state index contributed by atoms with van der Waals surface area (Å²) in [5.41, 5.74) is 1.75. The van der Waals surface area contributed by atoms with Gasteiger partial charge in [0.15, 0.2) is 0 Å². The number of nitrogens with one attached hydrogen (secondary N) is 1. The lowest BCUT2D eigenvalue weighted by atomic mass is 10.2. The van der Waals surface area contributed by atoms with Crippen molar-refractivity contribution in [1.29, 1.82) is 0 Å². The van der Waals surface area contributed by atoms with E-state index in [0.29, 0.717) is 17.0 Å². The van der Waals surface area contributed by atoms with Crippen LogP contribution in [0, 0.1) is 12.7 Å². The minimum absolute atomic E-state index is 0.181. The molecule has 0 aliphatic carbocycles. The summed E-state index contributed by atoms with van der Waals surface area (Å²) in [6.07, 6.45) is 0. The molecular weight excluding hydrogens is 375 g/mol.